The molecule has 3 aromatic rings. The SMILES string of the molecule is O=C(O)CSCCNC(=O)c1cccc(F)c1NC(=O)OCC1c2ccccc2-c2ccccc21. The van der Waals surface area contributed by atoms with Gasteiger partial charge in [-0.25, -0.2) is 9.18 Å². The molecule has 0 bridgehead atoms. The molecule has 3 N–H and O–H groups in total. The minimum Gasteiger partial charge on any atom is -0.481 e. The van der Waals surface area contributed by atoms with Gasteiger partial charge in [0.15, 0.2) is 0 Å². The standard InChI is InChI=1S/C26H23FN2O5S/c27-22-11-5-10-20(25(32)28-12-13-35-15-23(30)31)24(22)29-26(33)34-14-21-18-8-3-1-6-16(18)17-7-2-4-9-19(17)21/h1-11,21H,12-15H2,(H,28,32)(H,29,33)(H,30,31). The van der Waals surface area contributed by atoms with Crippen LogP contribution in [0.3, 0.4) is 0 Å². The first-order valence-electron chi connectivity index (χ1n) is 10.9. The van der Waals surface area contributed by atoms with Crippen LogP contribution in [-0.2, 0) is 9.53 Å². The van der Waals surface area contributed by atoms with Crippen LogP contribution >= 0.6 is 11.8 Å². The van der Waals surface area contributed by atoms with Gasteiger partial charge in [-0.05, 0) is 34.4 Å². The lowest BCUT2D eigenvalue weighted by molar-refractivity contribution is -0.133. The summed E-state index contributed by atoms with van der Waals surface area (Å²) < 4.78 is 20.0. The normalized spacial score (nSPS) is 11.9. The molecule has 0 aliphatic heterocycles. The van der Waals surface area contributed by atoms with Crippen LogP contribution in [0.25, 0.3) is 11.1 Å². The lowest BCUT2D eigenvalue weighted by atomic mass is 9.98. The Labute approximate surface area is 205 Å². The van der Waals surface area contributed by atoms with Crippen molar-refractivity contribution in [2.75, 3.05) is 30.0 Å². The van der Waals surface area contributed by atoms with E-state index in [1.54, 1.807) is 0 Å². The average molecular weight is 495 g/mol. The van der Waals surface area contributed by atoms with Gasteiger partial charge in [0.2, 0.25) is 0 Å². The van der Waals surface area contributed by atoms with Gasteiger partial charge in [-0.15, -0.1) is 11.8 Å². The Morgan fingerprint density at radius 1 is 0.943 bits per heavy atom. The van der Waals surface area contributed by atoms with Crippen LogP contribution in [0.5, 0.6) is 0 Å². The van der Waals surface area contributed by atoms with Crippen molar-refractivity contribution in [1.29, 1.82) is 0 Å². The van der Waals surface area contributed by atoms with E-state index in [0.717, 1.165) is 40.1 Å². The number of nitrogens with one attached hydrogen (secondary N) is 2. The topological polar surface area (TPSA) is 105 Å². The van der Waals surface area contributed by atoms with Crippen LogP contribution in [-0.4, -0.2) is 47.7 Å². The fourth-order valence-corrected chi connectivity index (χ4v) is 4.63. The van der Waals surface area contributed by atoms with Crippen molar-refractivity contribution in [1.82, 2.24) is 5.32 Å². The highest BCUT2D eigenvalue weighted by atomic mass is 32.2. The van der Waals surface area contributed by atoms with E-state index in [2.05, 4.69) is 10.6 Å². The van der Waals surface area contributed by atoms with Crippen LogP contribution in [0, 0.1) is 5.82 Å². The second kappa shape index (κ2) is 11.1. The number of fused-ring (bicyclic) bond motifs is 3. The molecule has 1 aliphatic carbocycles. The zero-order valence-electron chi connectivity index (χ0n) is 18.6. The van der Waals surface area contributed by atoms with E-state index < -0.39 is 23.8 Å². The summed E-state index contributed by atoms with van der Waals surface area (Å²) in [6.07, 6.45) is -0.872. The fourth-order valence-electron chi connectivity index (χ4n) is 4.07. The molecular formula is C26H23FN2O5S. The summed E-state index contributed by atoms with van der Waals surface area (Å²) in [6.45, 7) is 0.244. The maximum Gasteiger partial charge on any atom is 0.411 e. The number of ether oxygens (including phenoxy) is 1. The number of para-hydroxylation sites is 1. The van der Waals surface area contributed by atoms with E-state index in [1.165, 1.54) is 12.1 Å². The Bertz CT molecular complexity index is 1220. The van der Waals surface area contributed by atoms with Crippen molar-refractivity contribution >= 4 is 35.4 Å². The molecule has 0 saturated carbocycles. The molecule has 0 saturated heterocycles. The van der Waals surface area contributed by atoms with E-state index in [1.807, 2.05) is 48.5 Å². The van der Waals surface area contributed by atoms with Gasteiger partial charge in [0.1, 0.15) is 12.4 Å². The summed E-state index contributed by atoms with van der Waals surface area (Å²) in [6, 6.07) is 19.7. The summed E-state index contributed by atoms with van der Waals surface area (Å²) in [5.41, 5.74) is 3.95. The number of halogens is 1. The molecule has 0 fully saturated rings. The Kier molecular flexibility index (Phi) is 7.67. The lowest BCUT2D eigenvalue weighted by Crippen LogP contribution is -2.28. The number of aliphatic carboxylic acids is 1. The predicted molar refractivity (Wildman–Crippen MR) is 132 cm³/mol. The number of rotatable bonds is 9. The van der Waals surface area contributed by atoms with Crippen molar-refractivity contribution < 1.29 is 28.6 Å². The molecule has 2 amide bonds. The predicted octanol–water partition coefficient (Wildman–Crippen LogP) is 4.73. The number of carbonyl (C=O) groups is 3. The molecule has 0 atom stereocenters. The first kappa shape index (κ1) is 24.3. The Hall–Kier alpha value is -3.85. The van der Waals surface area contributed by atoms with Crippen molar-refractivity contribution in [2.45, 2.75) is 5.92 Å². The zero-order chi connectivity index (χ0) is 24.8. The number of hydrogen-bond acceptors (Lipinski definition) is 5. The number of carboxylic acids is 1. The van der Waals surface area contributed by atoms with Gasteiger partial charge in [-0.2, -0.15) is 0 Å². The van der Waals surface area contributed by atoms with Crippen LogP contribution in [0.4, 0.5) is 14.9 Å². The van der Waals surface area contributed by atoms with Crippen molar-refractivity contribution in [3.05, 3.63) is 89.2 Å². The third-order valence-electron chi connectivity index (χ3n) is 5.59. The summed E-state index contributed by atoms with van der Waals surface area (Å²) in [5, 5.41) is 13.6. The van der Waals surface area contributed by atoms with Crippen molar-refractivity contribution in [2.24, 2.45) is 0 Å². The second-order valence-corrected chi connectivity index (χ2v) is 8.92. The highest BCUT2D eigenvalue weighted by Crippen LogP contribution is 2.44. The number of anilines is 1. The van der Waals surface area contributed by atoms with Gasteiger partial charge in [0.05, 0.1) is 17.0 Å². The maximum atomic E-state index is 14.5. The molecular weight excluding hydrogens is 471 g/mol. The van der Waals surface area contributed by atoms with E-state index in [9.17, 15) is 18.8 Å². The molecule has 180 valence electrons. The minimum atomic E-state index is -0.943. The summed E-state index contributed by atoms with van der Waals surface area (Å²) in [7, 11) is 0. The highest BCUT2D eigenvalue weighted by molar-refractivity contribution is 7.99. The number of thioether (sulfide) groups is 1. The minimum absolute atomic E-state index is 0.0522. The highest BCUT2D eigenvalue weighted by Gasteiger charge is 2.29. The van der Waals surface area contributed by atoms with E-state index in [4.69, 9.17) is 9.84 Å². The molecule has 0 unspecified atom stereocenters. The number of benzene rings is 3. The second-order valence-electron chi connectivity index (χ2n) is 7.82. The van der Waals surface area contributed by atoms with Gasteiger partial charge in [0.25, 0.3) is 5.91 Å². The third-order valence-corrected chi connectivity index (χ3v) is 6.53. The van der Waals surface area contributed by atoms with Gasteiger partial charge >= 0.3 is 12.1 Å². The van der Waals surface area contributed by atoms with Crippen molar-refractivity contribution in [3.63, 3.8) is 0 Å². The average Bonchev–Trinajstić information content (AvgIpc) is 3.17. The molecule has 1 aliphatic rings. The summed E-state index contributed by atoms with van der Waals surface area (Å²) in [5.74, 6) is -2.16. The van der Waals surface area contributed by atoms with Gasteiger partial charge < -0.3 is 15.2 Å². The van der Waals surface area contributed by atoms with E-state index in [-0.39, 0.29) is 36.1 Å². The molecule has 0 aromatic heterocycles. The quantitative estimate of drug-likeness (QED) is 0.372. The molecule has 9 heteroatoms. The summed E-state index contributed by atoms with van der Waals surface area (Å²) in [4.78, 5) is 35.7. The maximum absolute atomic E-state index is 14.5. The van der Waals surface area contributed by atoms with E-state index >= 15 is 0 Å². The number of hydrogen-bond donors (Lipinski definition) is 3. The van der Waals surface area contributed by atoms with Crippen LogP contribution in [0.2, 0.25) is 0 Å². The first-order valence-corrected chi connectivity index (χ1v) is 12.1. The number of carbonyl (C=O) groups excluding carboxylic acids is 2. The van der Waals surface area contributed by atoms with Crippen LogP contribution in [0.1, 0.15) is 27.4 Å². The van der Waals surface area contributed by atoms with Crippen molar-refractivity contribution in [3.8, 4) is 11.1 Å². The Morgan fingerprint density at radius 2 is 1.60 bits per heavy atom. The molecule has 7 nitrogen and oxygen atoms in total. The largest absolute Gasteiger partial charge is 0.481 e. The Balaban J connectivity index is 1.40. The number of amides is 2. The third kappa shape index (κ3) is 5.63. The zero-order valence-corrected chi connectivity index (χ0v) is 19.4. The smallest absolute Gasteiger partial charge is 0.411 e. The number of carboxylic acid groups (broad SMARTS) is 1. The van der Waals surface area contributed by atoms with E-state index in [0.29, 0.717) is 5.75 Å². The van der Waals surface area contributed by atoms with Gasteiger partial charge in [-0.3, -0.25) is 14.9 Å². The van der Waals surface area contributed by atoms with Crippen LogP contribution in [0.15, 0.2) is 66.7 Å². The lowest BCUT2D eigenvalue weighted by Gasteiger charge is -2.16. The molecule has 0 heterocycles. The first-order chi connectivity index (χ1) is 17.0. The monoisotopic (exact) mass is 494 g/mol. The molecule has 4 rings (SSSR count). The Morgan fingerprint density at radius 3 is 2.26 bits per heavy atom. The summed E-state index contributed by atoms with van der Waals surface area (Å²) >= 11 is 1.15. The van der Waals surface area contributed by atoms with Gasteiger partial charge in [0, 0.05) is 18.2 Å². The molecule has 35 heavy (non-hydrogen) atoms. The molecule has 0 spiro atoms. The molecule has 0 radical (unpaired) electrons. The van der Waals surface area contributed by atoms with Gasteiger partial charge in [-0.1, -0.05) is 54.6 Å². The molecule has 3 aromatic carbocycles. The fraction of sp³-hybridized carbons (Fsp3) is 0.192. The van der Waals surface area contributed by atoms with Crippen LogP contribution < -0.4 is 10.6 Å².